The number of hydrogen-bond donors (Lipinski definition) is 0. The second-order valence-electron chi connectivity index (χ2n) is 6.06. The Morgan fingerprint density at radius 3 is 2.57 bits per heavy atom. The average Bonchev–Trinajstić information content (AvgIpc) is 2.52. The van der Waals surface area contributed by atoms with Gasteiger partial charge in [-0.3, -0.25) is 4.79 Å². The van der Waals surface area contributed by atoms with E-state index in [2.05, 4.69) is 45.0 Å². The van der Waals surface area contributed by atoms with Gasteiger partial charge in [0.25, 0.3) is 5.56 Å². The van der Waals surface area contributed by atoms with Gasteiger partial charge in [0, 0.05) is 17.7 Å². The number of nitriles is 1. The van der Waals surface area contributed by atoms with Crippen LogP contribution in [-0.2, 0) is 13.0 Å². The van der Waals surface area contributed by atoms with E-state index in [1.165, 1.54) is 11.1 Å². The molecule has 1 heterocycles. The molecule has 0 atom stereocenters. The van der Waals surface area contributed by atoms with E-state index in [9.17, 15) is 4.79 Å². The van der Waals surface area contributed by atoms with Crippen molar-refractivity contribution >= 4 is 0 Å². The topological polar surface area (TPSA) is 45.8 Å². The summed E-state index contributed by atoms with van der Waals surface area (Å²) in [6.07, 6.45) is 3.36. The van der Waals surface area contributed by atoms with Crippen LogP contribution in [0.3, 0.4) is 0 Å². The van der Waals surface area contributed by atoms with Crippen molar-refractivity contribution in [3.05, 3.63) is 57.4 Å². The number of aromatic nitrogens is 1. The second kappa shape index (κ2) is 7.78. The fourth-order valence-electron chi connectivity index (χ4n) is 2.92. The summed E-state index contributed by atoms with van der Waals surface area (Å²) in [7, 11) is 0. The molecule has 0 N–H and O–H groups in total. The van der Waals surface area contributed by atoms with Gasteiger partial charge in [-0.25, -0.2) is 0 Å². The maximum absolute atomic E-state index is 12.7. The average molecular weight is 308 g/mol. The first-order valence-corrected chi connectivity index (χ1v) is 8.25. The largest absolute Gasteiger partial charge is 0.308 e. The number of hydrogen-bond acceptors (Lipinski definition) is 2. The van der Waals surface area contributed by atoms with Crippen LogP contribution in [-0.4, -0.2) is 4.57 Å². The van der Waals surface area contributed by atoms with Gasteiger partial charge < -0.3 is 4.57 Å². The van der Waals surface area contributed by atoms with Gasteiger partial charge in [-0.15, -0.1) is 0 Å². The van der Waals surface area contributed by atoms with Gasteiger partial charge in [-0.2, -0.15) is 5.26 Å². The SMILES string of the molecule is CCCCCn1c(-c2ccc(C)cc2C)ccc(CC#N)c1=O. The van der Waals surface area contributed by atoms with E-state index in [1.54, 1.807) is 6.07 Å². The zero-order valence-electron chi connectivity index (χ0n) is 14.2. The Morgan fingerprint density at radius 2 is 1.91 bits per heavy atom. The molecule has 0 unspecified atom stereocenters. The van der Waals surface area contributed by atoms with E-state index in [4.69, 9.17) is 5.26 Å². The summed E-state index contributed by atoms with van der Waals surface area (Å²) in [5.74, 6) is 0. The van der Waals surface area contributed by atoms with Crippen molar-refractivity contribution in [2.24, 2.45) is 0 Å². The Kier molecular flexibility index (Phi) is 5.76. The molecule has 0 amide bonds. The highest BCUT2D eigenvalue weighted by Crippen LogP contribution is 2.24. The summed E-state index contributed by atoms with van der Waals surface area (Å²) in [6, 6.07) is 12.2. The van der Waals surface area contributed by atoms with Gasteiger partial charge in [0.2, 0.25) is 0 Å². The number of rotatable bonds is 6. The van der Waals surface area contributed by atoms with Crippen LogP contribution in [0.25, 0.3) is 11.3 Å². The highest BCUT2D eigenvalue weighted by Gasteiger charge is 2.12. The number of aryl methyl sites for hydroxylation is 2. The van der Waals surface area contributed by atoms with Crippen LogP contribution in [0.2, 0.25) is 0 Å². The standard InChI is InChI=1S/C20H24N2O/c1-4-5-6-13-22-19(10-8-17(11-12-21)20(22)23)18-9-7-15(2)14-16(18)3/h7-10,14H,4-6,11,13H2,1-3H3. The van der Waals surface area contributed by atoms with E-state index in [0.717, 1.165) is 30.5 Å². The summed E-state index contributed by atoms with van der Waals surface area (Å²) >= 11 is 0. The molecule has 0 bridgehead atoms. The number of pyridine rings is 1. The van der Waals surface area contributed by atoms with Crippen molar-refractivity contribution in [1.29, 1.82) is 5.26 Å². The molecule has 1 aromatic carbocycles. The van der Waals surface area contributed by atoms with Gasteiger partial charge in [0.05, 0.1) is 18.2 Å². The zero-order chi connectivity index (χ0) is 16.8. The Balaban J connectivity index is 2.55. The Morgan fingerprint density at radius 1 is 1.13 bits per heavy atom. The third kappa shape index (κ3) is 3.90. The molecule has 3 heteroatoms. The molecule has 0 saturated heterocycles. The minimum absolute atomic E-state index is 0.0277. The molecular weight excluding hydrogens is 284 g/mol. The van der Waals surface area contributed by atoms with E-state index >= 15 is 0 Å². The number of unbranched alkanes of at least 4 members (excludes halogenated alkanes) is 2. The highest BCUT2D eigenvalue weighted by atomic mass is 16.1. The zero-order valence-corrected chi connectivity index (χ0v) is 14.2. The number of nitrogens with zero attached hydrogens (tertiary/aromatic N) is 2. The van der Waals surface area contributed by atoms with Crippen LogP contribution in [0, 0.1) is 25.2 Å². The van der Waals surface area contributed by atoms with Crippen molar-refractivity contribution in [1.82, 2.24) is 4.57 Å². The van der Waals surface area contributed by atoms with Gasteiger partial charge in [0.15, 0.2) is 0 Å². The van der Waals surface area contributed by atoms with E-state index in [0.29, 0.717) is 12.1 Å². The minimum Gasteiger partial charge on any atom is -0.308 e. The van der Waals surface area contributed by atoms with Crippen molar-refractivity contribution in [3.63, 3.8) is 0 Å². The highest BCUT2D eigenvalue weighted by molar-refractivity contribution is 5.64. The molecule has 2 rings (SSSR count). The predicted octanol–water partition coefficient (Wildman–Crippen LogP) is 4.39. The quantitative estimate of drug-likeness (QED) is 0.743. The second-order valence-corrected chi connectivity index (χ2v) is 6.06. The molecule has 1 aromatic heterocycles. The van der Waals surface area contributed by atoms with E-state index in [-0.39, 0.29) is 12.0 Å². The van der Waals surface area contributed by atoms with Crippen molar-refractivity contribution in [2.75, 3.05) is 0 Å². The van der Waals surface area contributed by atoms with Gasteiger partial charge in [-0.1, -0.05) is 49.6 Å². The molecule has 23 heavy (non-hydrogen) atoms. The molecule has 0 fully saturated rings. The van der Waals surface area contributed by atoms with Gasteiger partial charge in [-0.05, 0) is 31.9 Å². The Labute approximate surface area is 138 Å². The lowest BCUT2D eigenvalue weighted by Gasteiger charge is -2.16. The molecule has 0 spiro atoms. The summed E-state index contributed by atoms with van der Waals surface area (Å²) < 4.78 is 1.85. The predicted molar refractivity (Wildman–Crippen MR) is 94.5 cm³/mol. The molecule has 0 aliphatic heterocycles. The summed E-state index contributed by atoms with van der Waals surface area (Å²) in [5.41, 5.74) is 4.98. The third-order valence-corrected chi connectivity index (χ3v) is 4.17. The monoisotopic (exact) mass is 308 g/mol. The summed E-state index contributed by atoms with van der Waals surface area (Å²) in [4.78, 5) is 12.7. The normalized spacial score (nSPS) is 10.5. The summed E-state index contributed by atoms with van der Waals surface area (Å²) in [6.45, 7) is 7.00. The van der Waals surface area contributed by atoms with E-state index in [1.807, 2.05) is 10.6 Å². The lowest BCUT2D eigenvalue weighted by molar-refractivity contribution is 0.589. The van der Waals surface area contributed by atoms with Crippen molar-refractivity contribution in [3.8, 4) is 17.3 Å². The number of benzene rings is 1. The molecular formula is C20H24N2O. The lowest BCUT2D eigenvalue weighted by Crippen LogP contribution is -2.25. The van der Waals surface area contributed by atoms with E-state index < -0.39 is 0 Å². The third-order valence-electron chi connectivity index (χ3n) is 4.17. The molecule has 120 valence electrons. The van der Waals surface area contributed by atoms with Crippen LogP contribution in [0.1, 0.15) is 42.9 Å². The molecule has 2 aromatic rings. The first-order valence-electron chi connectivity index (χ1n) is 8.25. The molecule has 0 aliphatic rings. The van der Waals surface area contributed by atoms with Crippen LogP contribution >= 0.6 is 0 Å². The fraction of sp³-hybridized carbons (Fsp3) is 0.400. The van der Waals surface area contributed by atoms with Crippen molar-refractivity contribution in [2.45, 2.75) is 53.0 Å². The fourth-order valence-corrected chi connectivity index (χ4v) is 2.92. The minimum atomic E-state index is -0.0277. The first kappa shape index (κ1) is 17.0. The maximum Gasteiger partial charge on any atom is 0.255 e. The van der Waals surface area contributed by atoms with Gasteiger partial charge >= 0.3 is 0 Å². The molecule has 0 saturated carbocycles. The lowest BCUT2D eigenvalue weighted by atomic mass is 10.0. The van der Waals surface area contributed by atoms with Gasteiger partial charge in [0.1, 0.15) is 0 Å². The Bertz CT molecular complexity index is 781. The summed E-state index contributed by atoms with van der Waals surface area (Å²) in [5, 5.41) is 8.91. The molecule has 0 aliphatic carbocycles. The van der Waals surface area contributed by atoms with Crippen molar-refractivity contribution < 1.29 is 0 Å². The first-order chi connectivity index (χ1) is 11.1. The smallest absolute Gasteiger partial charge is 0.255 e. The van der Waals surface area contributed by atoms with Crippen LogP contribution in [0.5, 0.6) is 0 Å². The van der Waals surface area contributed by atoms with Crippen LogP contribution in [0.15, 0.2) is 35.1 Å². The van der Waals surface area contributed by atoms with Crippen LogP contribution in [0.4, 0.5) is 0 Å². The maximum atomic E-state index is 12.7. The van der Waals surface area contributed by atoms with Crippen LogP contribution < -0.4 is 5.56 Å². The Hall–Kier alpha value is -2.34. The molecule has 0 radical (unpaired) electrons. The molecule has 3 nitrogen and oxygen atoms in total.